The molecule has 0 radical (unpaired) electrons. The Balaban J connectivity index is 3.66. The molecule has 0 rings (SSSR count). The van der Waals surface area contributed by atoms with Crippen LogP contribution in [0.5, 0.6) is 0 Å². The number of aliphatic carboxylic acids is 1. The molecule has 0 aliphatic carbocycles. The molecule has 0 aromatic heterocycles. The molecule has 16 heavy (non-hydrogen) atoms. The standard InChI is InChI=1S/C9H18N2O5/c1-15-7(4-9(13)14)5-11-8(12)6-16-3-2-10/h7H,2-6,10H2,1H3,(H,11,12)(H,13,14). The van der Waals surface area contributed by atoms with Gasteiger partial charge in [0.2, 0.25) is 5.91 Å². The number of amides is 1. The van der Waals surface area contributed by atoms with E-state index in [0.29, 0.717) is 13.2 Å². The highest BCUT2D eigenvalue weighted by molar-refractivity contribution is 5.77. The summed E-state index contributed by atoms with van der Waals surface area (Å²) >= 11 is 0. The van der Waals surface area contributed by atoms with Crippen LogP contribution in [0.2, 0.25) is 0 Å². The molecule has 1 atom stereocenters. The summed E-state index contributed by atoms with van der Waals surface area (Å²) in [4.78, 5) is 21.5. The fourth-order valence-corrected chi connectivity index (χ4v) is 0.961. The van der Waals surface area contributed by atoms with Gasteiger partial charge in [-0.15, -0.1) is 0 Å². The molecule has 0 spiro atoms. The maximum absolute atomic E-state index is 11.1. The minimum atomic E-state index is -0.972. The van der Waals surface area contributed by atoms with Crippen molar-refractivity contribution in [3.8, 4) is 0 Å². The molecule has 1 amide bonds. The van der Waals surface area contributed by atoms with Crippen molar-refractivity contribution in [2.75, 3.05) is 33.4 Å². The molecule has 0 heterocycles. The molecular formula is C9H18N2O5. The normalized spacial score (nSPS) is 12.1. The van der Waals surface area contributed by atoms with E-state index in [1.54, 1.807) is 0 Å². The maximum atomic E-state index is 11.1. The first-order chi connectivity index (χ1) is 7.60. The van der Waals surface area contributed by atoms with Gasteiger partial charge in [0.25, 0.3) is 0 Å². The fourth-order valence-electron chi connectivity index (χ4n) is 0.961. The van der Waals surface area contributed by atoms with Gasteiger partial charge in [-0.1, -0.05) is 0 Å². The lowest BCUT2D eigenvalue weighted by molar-refractivity contribution is -0.140. The summed E-state index contributed by atoms with van der Waals surface area (Å²) < 4.78 is 9.78. The van der Waals surface area contributed by atoms with Crippen LogP contribution in [0, 0.1) is 0 Å². The van der Waals surface area contributed by atoms with Gasteiger partial charge in [-0.05, 0) is 0 Å². The Kier molecular flexibility index (Phi) is 8.41. The number of carboxylic acid groups (broad SMARTS) is 1. The summed E-state index contributed by atoms with van der Waals surface area (Å²) in [5, 5.41) is 11.0. The van der Waals surface area contributed by atoms with Gasteiger partial charge in [-0.3, -0.25) is 9.59 Å². The third-order valence-corrected chi connectivity index (χ3v) is 1.76. The summed E-state index contributed by atoms with van der Waals surface area (Å²) in [7, 11) is 1.39. The van der Waals surface area contributed by atoms with E-state index in [4.69, 9.17) is 20.3 Å². The number of hydrogen-bond donors (Lipinski definition) is 3. The molecule has 0 aromatic rings. The number of rotatable bonds is 9. The lowest BCUT2D eigenvalue weighted by Crippen LogP contribution is -2.36. The highest BCUT2D eigenvalue weighted by atomic mass is 16.5. The Bertz CT molecular complexity index is 222. The number of nitrogens with two attached hydrogens (primary N) is 1. The Hall–Kier alpha value is -1.18. The number of hydrogen-bond acceptors (Lipinski definition) is 5. The van der Waals surface area contributed by atoms with E-state index in [-0.39, 0.29) is 25.5 Å². The van der Waals surface area contributed by atoms with E-state index < -0.39 is 12.1 Å². The number of carbonyl (C=O) groups is 2. The average Bonchev–Trinajstić information content (AvgIpc) is 2.24. The SMILES string of the molecule is COC(CNC(=O)COCCN)CC(=O)O. The second-order valence-electron chi connectivity index (χ2n) is 3.10. The van der Waals surface area contributed by atoms with Crippen LogP contribution in [-0.2, 0) is 19.1 Å². The molecule has 0 aliphatic rings. The topological polar surface area (TPSA) is 111 Å². The molecule has 0 fully saturated rings. The van der Waals surface area contributed by atoms with Crippen LogP contribution in [0.15, 0.2) is 0 Å². The van der Waals surface area contributed by atoms with E-state index in [1.807, 2.05) is 0 Å². The number of nitrogens with one attached hydrogen (secondary N) is 1. The van der Waals surface area contributed by atoms with Gasteiger partial charge in [0, 0.05) is 20.2 Å². The zero-order valence-corrected chi connectivity index (χ0v) is 9.27. The van der Waals surface area contributed by atoms with E-state index in [2.05, 4.69) is 5.32 Å². The number of carbonyl (C=O) groups excluding carboxylic acids is 1. The third-order valence-electron chi connectivity index (χ3n) is 1.76. The molecule has 0 bridgehead atoms. The van der Waals surface area contributed by atoms with Gasteiger partial charge in [0.1, 0.15) is 6.61 Å². The van der Waals surface area contributed by atoms with Gasteiger partial charge >= 0.3 is 5.97 Å². The average molecular weight is 234 g/mol. The monoisotopic (exact) mass is 234 g/mol. The third kappa shape index (κ3) is 8.16. The molecule has 0 aliphatic heterocycles. The van der Waals surface area contributed by atoms with Crippen molar-refractivity contribution in [2.24, 2.45) is 5.73 Å². The van der Waals surface area contributed by atoms with Gasteiger partial charge in [0.05, 0.1) is 19.1 Å². The second-order valence-corrected chi connectivity index (χ2v) is 3.10. The molecular weight excluding hydrogens is 216 g/mol. The summed E-state index contributed by atoms with van der Waals surface area (Å²) in [6.07, 6.45) is -0.684. The maximum Gasteiger partial charge on any atom is 0.306 e. The zero-order chi connectivity index (χ0) is 12.4. The van der Waals surface area contributed by atoms with Gasteiger partial charge in [0.15, 0.2) is 0 Å². The summed E-state index contributed by atoms with van der Waals surface area (Å²) in [5.41, 5.74) is 5.17. The Labute approximate surface area is 93.9 Å². The largest absolute Gasteiger partial charge is 0.481 e. The predicted octanol–water partition coefficient (Wildman–Crippen LogP) is -1.43. The second kappa shape index (κ2) is 9.08. The Morgan fingerprint density at radius 2 is 2.19 bits per heavy atom. The van der Waals surface area contributed by atoms with Gasteiger partial charge in [-0.25, -0.2) is 0 Å². The van der Waals surface area contributed by atoms with Gasteiger partial charge < -0.3 is 25.6 Å². The molecule has 0 saturated heterocycles. The first kappa shape index (κ1) is 14.8. The minimum absolute atomic E-state index is 0.0826. The highest BCUT2D eigenvalue weighted by Crippen LogP contribution is 1.95. The van der Waals surface area contributed by atoms with Crippen molar-refractivity contribution in [1.29, 1.82) is 0 Å². The van der Waals surface area contributed by atoms with Crippen molar-refractivity contribution in [2.45, 2.75) is 12.5 Å². The van der Waals surface area contributed by atoms with Crippen molar-refractivity contribution >= 4 is 11.9 Å². The molecule has 1 unspecified atom stereocenters. The Morgan fingerprint density at radius 3 is 2.69 bits per heavy atom. The molecule has 4 N–H and O–H groups in total. The summed E-state index contributed by atoms with van der Waals surface area (Å²) in [6.45, 7) is 0.734. The van der Waals surface area contributed by atoms with Crippen molar-refractivity contribution in [3.05, 3.63) is 0 Å². The van der Waals surface area contributed by atoms with E-state index >= 15 is 0 Å². The van der Waals surface area contributed by atoms with Crippen LogP contribution in [0.4, 0.5) is 0 Å². The first-order valence-electron chi connectivity index (χ1n) is 4.89. The molecule has 0 saturated carbocycles. The summed E-state index contributed by atoms with van der Waals surface area (Å²) in [6, 6.07) is 0. The number of methoxy groups -OCH3 is 1. The quantitative estimate of drug-likeness (QED) is 0.422. The smallest absolute Gasteiger partial charge is 0.306 e. The van der Waals surface area contributed by atoms with Crippen LogP contribution in [0.25, 0.3) is 0 Å². The van der Waals surface area contributed by atoms with E-state index in [9.17, 15) is 9.59 Å². The van der Waals surface area contributed by atoms with Gasteiger partial charge in [-0.2, -0.15) is 0 Å². The minimum Gasteiger partial charge on any atom is -0.481 e. The van der Waals surface area contributed by atoms with Crippen molar-refractivity contribution in [1.82, 2.24) is 5.32 Å². The predicted molar refractivity (Wildman–Crippen MR) is 55.9 cm³/mol. The molecule has 7 heteroatoms. The summed E-state index contributed by atoms with van der Waals surface area (Å²) in [5.74, 6) is -1.29. The fraction of sp³-hybridized carbons (Fsp3) is 0.778. The van der Waals surface area contributed by atoms with E-state index in [0.717, 1.165) is 0 Å². The molecule has 94 valence electrons. The zero-order valence-electron chi connectivity index (χ0n) is 9.27. The van der Waals surface area contributed by atoms with Crippen molar-refractivity contribution < 1.29 is 24.2 Å². The lowest BCUT2D eigenvalue weighted by Gasteiger charge is -2.13. The van der Waals surface area contributed by atoms with Crippen LogP contribution in [0.3, 0.4) is 0 Å². The van der Waals surface area contributed by atoms with Crippen LogP contribution < -0.4 is 11.1 Å². The van der Waals surface area contributed by atoms with Crippen molar-refractivity contribution in [3.63, 3.8) is 0 Å². The lowest BCUT2D eigenvalue weighted by atomic mass is 10.2. The first-order valence-corrected chi connectivity index (χ1v) is 4.89. The highest BCUT2D eigenvalue weighted by Gasteiger charge is 2.13. The Morgan fingerprint density at radius 1 is 1.50 bits per heavy atom. The van der Waals surface area contributed by atoms with Crippen LogP contribution in [0.1, 0.15) is 6.42 Å². The van der Waals surface area contributed by atoms with Crippen LogP contribution >= 0.6 is 0 Å². The number of ether oxygens (including phenoxy) is 2. The van der Waals surface area contributed by atoms with Crippen LogP contribution in [-0.4, -0.2) is 56.5 Å². The molecule has 0 aromatic carbocycles. The van der Waals surface area contributed by atoms with E-state index in [1.165, 1.54) is 7.11 Å². The number of carboxylic acids is 1. The molecule has 7 nitrogen and oxygen atoms in total.